The first-order chi connectivity index (χ1) is 12.5. The number of hydrogen-bond acceptors (Lipinski definition) is 4. The third kappa shape index (κ3) is 4.04. The molecule has 1 aromatic carbocycles. The number of hydrogen-bond donors (Lipinski definition) is 2. The zero-order chi connectivity index (χ0) is 18.7. The average Bonchev–Trinajstić information content (AvgIpc) is 3.06. The Hall–Kier alpha value is -2.41. The Morgan fingerprint density at radius 1 is 1.31 bits per heavy atom. The molecule has 1 fully saturated rings. The molecule has 1 atom stereocenters. The number of benzene rings is 1. The molecule has 3 rings (SSSR count). The highest BCUT2D eigenvalue weighted by Gasteiger charge is 2.28. The molecule has 0 radical (unpaired) electrons. The van der Waals surface area contributed by atoms with Crippen molar-refractivity contribution in [1.82, 2.24) is 4.90 Å². The molecule has 0 bridgehead atoms. The van der Waals surface area contributed by atoms with Gasteiger partial charge in [0, 0.05) is 29.9 Å². The van der Waals surface area contributed by atoms with Gasteiger partial charge < -0.3 is 15.3 Å². The van der Waals surface area contributed by atoms with E-state index in [4.69, 9.17) is 5.11 Å². The molecule has 1 aliphatic heterocycles. The highest BCUT2D eigenvalue weighted by Crippen LogP contribution is 2.28. The minimum absolute atomic E-state index is 0.0907. The van der Waals surface area contributed by atoms with E-state index in [1.54, 1.807) is 23.1 Å². The van der Waals surface area contributed by atoms with Gasteiger partial charge in [-0.25, -0.2) is 4.79 Å². The van der Waals surface area contributed by atoms with E-state index in [1.165, 1.54) is 11.3 Å². The fourth-order valence-electron chi connectivity index (χ4n) is 3.26. The van der Waals surface area contributed by atoms with Crippen LogP contribution in [0.5, 0.6) is 0 Å². The molecule has 0 saturated carbocycles. The molecule has 1 aromatic heterocycles. The summed E-state index contributed by atoms with van der Waals surface area (Å²) in [5.74, 6) is -1.13. The lowest BCUT2D eigenvalue weighted by Gasteiger charge is -2.32. The van der Waals surface area contributed by atoms with Gasteiger partial charge >= 0.3 is 5.97 Å². The number of aromatic carboxylic acids is 1. The molecule has 1 unspecified atom stereocenters. The third-order valence-electron chi connectivity index (χ3n) is 4.60. The van der Waals surface area contributed by atoms with Gasteiger partial charge in [0.1, 0.15) is 4.88 Å². The SMILES string of the molecule is CCCC(=O)N1CCCC(C(=O)Nc2ccc3sc(C(=O)O)cc3c2)C1. The predicted molar refractivity (Wildman–Crippen MR) is 102 cm³/mol. The second-order valence-electron chi connectivity index (χ2n) is 6.59. The van der Waals surface area contributed by atoms with Crippen LogP contribution in [0.15, 0.2) is 24.3 Å². The molecule has 1 saturated heterocycles. The Labute approximate surface area is 155 Å². The highest BCUT2D eigenvalue weighted by atomic mass is 32.1. The van der Waals surface area contributed by atoms with E-state index in [1.807, 2.05) is 13.0 Å². The molecule has 2 heterocycles. The number of rotatable bonds is 5. The van der Waals surface area contributed by atoms with Crippen LogP contribution in [0.4, 0.5) is 5.69 Å². The van der Waals surface area contributed by atoms with Crippen molar-refractivity contribution in [3.8, 4) is 0 Å². The zero-order valence-electron chi connectivity index (χ0n) is 14.7. The van der Waals surface area contributed by atoms with Gasteiger partial charge in [0.05, 0.1) is 5.92 Å². The summed E-state index contributed by atoms with van der Waals surface area (Å²) in [7, 11) is 0. The Balaban J connectivity index is 1.68. The quantitative estimate of drug-likeness (QED) is 0.837. The summed E-state index contributed by atoms with van der Waals surface area (Å²) in [6, 6.07) is 7.01. The lowest BCUT2D eigenvalue weighted by atomic mass is 9.96. The summed E-state index contributed by atoms with van der Waals surface area (Å²) < 4.78 is 0.870. The van der Waals surface area contributed by atoms with Crippen LogP contribution in [-0.2, 0) is 9.59 Å². The average molecular weight is 374 g/mol. The van der Waals surface area contributed by atoms with E-state index in [-0.39, 0.29) is 22.6 Å². The number of carboxylic acid groups (broad SMARTS) is 1. The Bertz CT molecular complexity index is 845. The molecule has 2 N–H and O–H groups in total. The first-order valence-electron chi connectivity index (χ1n) is 8.83. The fourth-order valence-corrected chi connectivity index (χ4v) is 4.14. The minimum atomic E-state index is -0.948. The first-order valence-corrected chi connectivity index (χ1v) is 9.65. The van der Waals surface area contributed by atoms with Gasteiger partial charge in [-0.05, 0) is 48.9 Å². The number of thiophene rings is 1. The number of nitrogens with one attached hydrogen (secondary N) is 1. The number of likely N-dealkylation sites (tertiary alicyclic amines) is 1. The third-order valence-corrected chi connectivity index (χ3v) is 5.71. The number of fused-ring (bicyclic) bond motifs is 1. The molecule has 0 spiro atoms. The number of carbonyl (C=O) groups excluding carboxylic acids is 2. The van der Waals surface area contributed by atoms with Crippen LogP contribution < -0.4 is 5.32 Å². The second kappa shape index (κ2) is 7.86. The van der Waals surface area contributed by atoms with Gasteiger partial charge in [-0.15, -0.1) is 11.3 Å². The summed E-state index contributed by atoms with van der Waals surface area (Å²) in [4.78, 5) is 37.8. The fraction of sp³-hybridized carbons (Fsp3) is 0.421. The number of amides is 2. The molecular weight excluding hydrogens is 352 g/mol. The molecule has 138 valence electrons. The van der Waals surface area contributed by atoms with Crippen LogP contribution in [0.1, 0.15) is 42.3 Å². The summed E-state index contributed by atoms with van der Waals surface area (Å²) in [6.07, 6.45) is 2.94. The van der Waals surface area contributed by atoms with Crippen molar-refractivity contribution in [2.45, 2.75) is 32.6 Å². The largest absolute Gasteiger partial charge is 0.477 e. The molecule has 2 aromatic rings. The maximum absolute atomic E-state index is 12.6. The van der Waals surface area contributed by atoms with Crippen molar-refractivity contribution in [2.75, 3.05) is 18.4 Å². The maximum Gasteiger partial charge on any atom is 0.345 e. The van der Waals surface area contributed by atoms with E-state index >= 15 is 0 Å². The van der Waals surface area contributed by atoms with Crippen molar-refractivity contribution in [3.63, 3.8) is 0 Å². The summed E-state index contributed by atoms with van der Waals surface area (Å²) in [6.45, 7) is 3.17. The number of carboxylic acids is 1. The van der Waals surface area contributed by atoms with E-state index in [9.17, 15) is 14.4 Å². The zero-order valence-corrected chi connectivity index (χ0v) is 15.5. The van der Waals surface area contributed by atoms with Gasteiger partial charge in [-0.2, -0.15) is 0 Å². The van der Waals surface area contributed by atoms with Gasteiger partial charge in [0.25, 0.3) is 0 Å². The molecule has 2 amide bonds. The van der Waals surface area contributed by atoms with Crippen molar-refractivity contribution in [2.24, 2.45) is 5.92 Å². The molecule has 0 aliphatic carbocycles. The van der Waals surface area contributed by atoms with Crippen molar-refractivity contribution >= 4 is 44.9 Å². The lowest BCUT2D eigenvalue weighted by molar-refractivity contribution is -0.134. The van der Waals surface area contributed by atoms with Crippen LogP contribution in [0.2, 0.25) is 0 Å². The first kappa shape index (κ1) is 18.4. The van der Waals surface area contributed by atoms with Crippen molar-refractivity contribution < 1.29 is 19.5 Å². The summed E-state index contributed by atoms with van der Waals surface area (Å²) in [5.41, 5.74) is 0.647. The van der Waals surface area contributed by atoms with Gasteiger partial charge in [-0.3, -0.25) is 9.59 Å². The van der Waals surface area contributed by atoms with E-state index in [0.717, 1.165) is 35.9 Å². The Kier molecular flexibility index (Phi) is 5.56. The standard InChI is InChI=1S/C19H22N2O4S/c1-2-4-17(22)21-8-3-5-12(11-21)18(23)20-14-6-7-15-13(9-14)10-16(26-15)19(24)25/h6-7,9-10,12H,2-5,8,11H2,1H3,(H,20,23)(H,24,25). The van der Waals surface area contributed by atoms with E-state index < -0.39 is 5.97 Å². The highest BCUT2D eigenvalue weighted by molar-refractivity contribution is 7.20. The maximum atomic E-state index is 12.6. The van der Waals surface area contributed by atoms with Crippen LogP contribution in [0.3, 0.4) is 0 Å². The topological polar surface area (TPSA) is 86.7 Å². The normalized spacial score (nSPS) is 17.3. The van der Waals surface area contributed by atoms with Crippen molar-refractivity contribution in [3.05, 3.63) is 29.1 Å². The lowest BCUT2D eigenvalue weighted by Crippen LogP contribution is -2.43. The van der Waals surface area contributed by atoms with Crippen LogP contribution in [0.25, 0.3) is 10.1 Å². The predicted octanol–water partition coefficient (Wildman–Crippen LogP) is 3.58. The summed E-state index contributed by atoms with van der Waals surface area (Å²) >= 11 is 1.21. The second-order valence-corrected chi connectivity index (χ2v) is 7.67. The van der Waals surface area contributed by atoms with Gasteiger partial charge in [0.2, 0.25) is 11.8 Å². The van der Waals surface area contributed by atoms with Crippen molar-refractivity contribution in [1.29, 1.82) is 0 Å². The van der Waals surface area contributed by atoms with E-state index in [0.29, 0.717) is 18.7 Å². The smallest absolute Gasteiger partial charge is 0.345 e. The monoisotopic (exact) mass is 374 g/mol. The molecule has 1 aliphatic rings. The number of nitrogens with zero attached hydrogens (tertiary/aromatic N) is 1. The molecular formula is C19H22N2O4S. The van der Waals surface area contributed by atoms with Crippen LogP contribution >= 0.6 is 11.3 Å². The Morgan fingerprint density at radius 2 is 2.12 bits per heavy atom. The number of piperidine rings is 1. The molecule has 7 heteroatoms. The van der Waals surface area contributed by atoms with Gasteiger partial charge in [0.15, 0.2) is 0 Å². The van der Waals surface area contributed by atoms with Gasteiger partial charge in [-0.1, -0.05) is 6.92 Å². The summed E-state index contributed by atoms with van der Waals surface area (Å²) in [5, 5.41) is 12.8. The molecule has 6 nitrogen and oxygen atoms in total. The minimum Gasteiger partial charge on any atom is -0.477 e. The number of carbonyl (C=O) groups is 3. The molecule has 26 heavy (non-hydrogen) atoms. The Morgan fingerprint density at radius 3 is 2.85 bits per heavy atom. The number of anilines is 1. The van der Waals surface area contributed by atoms with Crippen LogP contribution in [0, 0.1) is 5.92 Å². The van der Waals surface area contributed by atoms with E-state index in [2.05, 4.69) is 5.32 Å². The van der Waals surface area contributed by atoms with Crippen LogP contribution in [-0.4, -0.2) is 40.9 Å².